The Morgan fingerprint density at radius 2 is 1.16 bits per heavy atom. The average Bonchev–Trinajstić information content (AvgIpc) is 2.44. The molecule has 0 spiro atoms. The highest BCUT2D eigenvalue weighted by atomic mass is 35.5. The molecule has 146 valence electrons. The van der Waals surface area contributed by atoms with Crippen LogP contribution in [0.2, 0.25) is 5.02 Å². The molecular weight excluding hydrogens is 370 g/mol. The van der Waals surface area contributed by atoms with Crippen LogP contribution in [0.25, 0.3) is 0 Å². The third kappa shape index (κ3) is 7.79. The monoisotopic (exact) mass is 406 g/mol. The van der Waals surface area contributed by atoms with E-state index in [4.69, 9.17) is 16.1 Å². The van der Waals surface area contributed by atoms with Crippen LogP contribution in [0.15, 0.2) is 24.3 Å². The Bertz CT molecular complexity index is 445. The van der Waals surface area contributed by atoms with Gasteiger partial charge in [0.15, 0.2) is 8.45 Å². The Kier molecular flexibility index (Phi) is 12.0. The van der Waals surface area contributed by atoms with E-state index < -0.39 is 8.45 Å². The number of benzene rings is 1. The molecule has 0 radical (unpaired) electrons. The first kappa shape index (κ1) is 25.2. The Morgan fingerprint density at radius 1 is 0.800 bits per heavy atom. The van der Waals surface area contributed by atoms with Crippen molar-refractivity contribution in [3.05, 3.63) is 34.9 Å². The molecule has 1 aromatic carbocycles. The van der Waals surface area contributed by atoms with Crippen molar-refractivity contribution in [2.45, 2.75) is 86.2 Å². The van der Waals surface area contributed by atoms with Gasteiger partial charge in [-0.3, -0.25) is 0 Å². The standard InChI is InChI=1S/C19H34ClN2OP.H3P/c1-14(2)21(15(3)4)24(22(16(5)6)17(7)8)23-13-18-9-11-19(20)12-10-18;/h9-12,14-17H,13H2,1-8H3;1H3. The lowest BCUT2D eigenvalue weighted by Crippen LogP contribution is -2.43. The van der Waals surface area contributed by atoms with E-state index in [2.05, 4.69) is 64.7 Å². The molecule has 0 fully saturated rings. The van der Waals surface area contributed by atoms with Gasteiger partial charge in [-0.2, -0.15) is 9.90 Å². The summed E-state index contributed by atoms with van der Waals surface area (Å²) in [7, 11) is -0.843. The zero-order valence-corrected chi connectivity index (χ0v) is 20.2. The van der Waals surface area contributed by atoms with E-state index >= 15 is 0 Å². The molecule has 0 heterocycles. The lowest BCUT2D eigenvalue weighted by atomic mass is 10.2. The smallest absolute Gasteiger partial charge is 0.189 e. The molecule has 1 aromatic rings. The summed E-state index contributed by atoms with van der Waals surface area (Å²) >= 11 is 5.99. The summed E-state index contributed by atoms with van der Waals surface area (Å²) in [5.74, 6) is 0. The minimum Gasteiger partial charge on any atom is -0.326 e. The largest absolute Gasteiger partial charge is 0.326 e. The molecule has 3 nitrogen and oxygen atoms in total. The number of hydrogen-bond acceptors (Lipinski definition) is 3. The second-order valence-corrected chi connectivity index (χ2v) is 9.41. The highest BCUT2D eigenvalue weighted by Gasteiger charge is 2.34. The summed E-state index contributed by atoms with van der Waals surface area (Å²) in [5, 5.41) is 0.762. The number of halogens is 1. The fraction of sp³-hybridized carbons (Fsp3) is 0.684. The summed E-state index contributed by atoms with van der Waals surface area (Å²) in [5.41, 5.74) is 1.16. The SMILES string of the molecule is CC(C)N(C(C)C)P(OCc1ccc(Cl)cc1)N(C(C)C)C(C)C.P. The van der Waals surface area contributed by atoms with Crippen LogP contribution in [0.1, 0.15) is 61.0 Å². The minimum absolute atomic E-state index is 0. The maximum atomic E-state index is 6.51. The number of rotatable bonds is 9. The first-order valence-electron chi connectivity index (χ1n) is 8.89. The fourth-order valence-electron chi connectivity index (χ4n) is 2.95. The van der Waals surface area contributed by atoms with Crippen LogP contribution in [0.5, 0.6) is 0 Å². The van der Waals surface area contributed by atoms with Crippen molar-refractivity contribution in [1.29, 1.82) is 0 Å². The van der Waals surface area contributed by atoms with Crippen molar-refractivity contribution in [3.8, 4) is 0 Å². The summed E-state index contributed by atoms with van der Waals surface area (Å²) in [6, 6.07) is 9.66. The zero-order valence-electron chi connectivity index (χ0n) is 17.2. The van der Waals surface area contributed by atoms with E-state index in [0.717, 1.165) is 10.6 Å². The molecule has 0 aromatic heterocycles. The highest BCUT2D eigenvalue weighted by Crippen LogP contribution is 2.51. The molecule has 0 bridgehead atoms. The summed E-state index contributed by atoms with van der Waals surface area (Å²) in [6.45, 7) is 18.6. The molecule has 1 atom stereocenters. The minimum atomic E-state index is -0.843. The topological polar surface area (TPSA) is 15.7 Å². The van der Waals surface area contributed by atoms with Gasteiger partial charge in [0, 0.05) is 29.2 Å². The van der Waals surface area contributed by atoms with Gasteiger partial charge in [0.05, 0.1) is 6.61 Å². The van der Waals surface area contributed by atoms with E-state index in [0.29, 0.717) is 30.8 Å². The van der Waals surface area contributed by atoms with Crippen LogP contribution < -0.4 is 0 Å². The zero-order chi connectivity index (χ0) is 18.4. The second-order valence-electron chi connectivity index (χ2n) is 7.29. The molecule has 0 aliphatic rings. The Hall–Kier alpha value is 0.250. The molecule has 0 saturated carbocycles. The van der Waals surface area contributed by atoms with E-state index in [-0.39, 0.29) is 9.90 Å². The third-order valence-electron chi connectivity index (χ3n) is 3.77. The fourth-order valence-corrected chi connectivity index (χ4v) is 5.42. The highest BCUT2D eigenvalue weighted by molar-refractivity contribution is 7.47. The molecule has 6 heteroatoms. The van der Waals surface area contributed by atoms with Gasteiger partial charge >= 0.3 is 0 Å². The van der Waals surface area contributed by atoms with Gasteiger partial charge in [-0.25, -0.2) is 9.34 Å². The number of hydrogen-bond donors (Lipinski definition) is 0. The van der Waals surface area contributed by atoms with Crippen LogP contribution in [-0.2, 0) is 11.1 Å². The maximum absolute atomic E-state index is 6.51. The van der Waals surface area contributed by atoms with Crippen LogP contribution >= 0.6 is 29.9 Å². The molecule has 0 amide bonds. The predicted molar refractivity (Wildman–Crippen MR) is 118 cm³/mol. The summed E-state index contributed by atoms with van der Waals surface area (Å²) in [4.78, 5) is 0. The van der Waals surface area contributed by atoms with Crippen molar-refractivity contribution < 1.29 is 4.52 Å². The Morgan fingerprint density at radius 3 is 1.48 bits per heavy atom. The van der Waals surface area contributed by atoms with Crippen LogP contribution in [-0.4, -0.2) is 33.5 Å². The van der Waals surface area contributed by atoms with E-state index in [9.17, 15) is 0 Å². The van der Waals surface area contributed by atoms with E-state index in [1.165, 1.54) is 0 Å². The van der Waals surface area contributed by atoms with Gasteiger partial charge in [-0.05, 0) is 73.1 Å². The van der Waals surface area contributed by atoms with Crippen molar-refractivity contribution in [1.82, 2.24) is 9.34 Å². The van der Waals surface area contributed by atoms with Crippen molar-refractivity contribution >= 4 is 29.9 Å². The van der Waals surface area contributed by atoms with Crippen LogP contribution in [0.3, 0.4) is 0 Å². The first-order valence-corrected chi connectivity index (χ1v) is 10.4. The molecular formula is C19H37ClN2OP2. The average molecular weight is 407 g/mol. The van der Waals surface area contributed by atoms with E-state index in [1.807, 2.05) is 24.3 Å². The summed E-state index contributed by atoms with van der Waals surface area (Å²) in [6.07, 6.45) is 0. The maximum Gasteiger partial charge on any atom is 0.189 e. The van der Waals surface area contributed by atoms with Crippen LogP contribution in [0, 0.1) is 0 Å². The Balaban J connectivity index is 0.00000576. The molecule has 0 saturated heterocycles. The third-order valence-corrected chi connectivity index (χ3v) is 7.02. The van der Waals surface area contributed by atoms with Crippen molar-refractivity contribution in [3.63, 3.8) is 0 Å². The van der Waals surface area contributed by atoms with Crippen molar-refractivity contribution in [2.24, 2.45) is 0 Å². The molecule has 1 unspecified atom stereocenters. The lowest BCUT2D eigenvalue weighted by molar-refractivity contribution is 0.182. The molecule has 0 N–H and O–H groups in total. The molecule has 0 aliphatic heterocycles. The van der Waals surface area contributed by atoms with E-state index in [1.54, 1.807) is 0 Å². The Labute approximate surface area is 165 Å². The van der Waals surface area contributed by atoms with Gasteiger partial charge in [-0.15, -0.1) is 0 Å². The second kappa shape index (κ2) is 11.9. The van der Waals surface area contributed by atoms with Gasteiger partial charge in [0.1, 0.15) is 0 Å². The summed E-state index contributed by atoms with van der Waals surface area (Å²) < 4.78 is 11.5. The van der Waals surface area contributed by atoms with Gasteiger partial charge in [0.2, 0.25) is 0 Å². The van der Waals surface area contributed by atoms with Crippen molar-refractivity contribution in [2.75, 3.05) is 0 Å². The van der Waals surface area contributed by atoms with Gasteiger partial charge < -0.3 is 4.52 Å². The molecule has 25 heavy (non-hydrogen) atoms. The number of nitrogens with zero attached hydrogens (tertiary/aromatic N) is 2. The van der Waals surface area contributed by atoms with Gasteiger partial charge in [0.25, 0.3) is 0 Å². The first-order chi connectivity index (χ1) is 11.1. The normalized spacial score (nSPS) is 12.3. The molecule has 0 aliphatic carbocycles. The lowest BCUT2D eigenvalue weighted by Gasteiger charge is -2.45. The predicted octanol–water partition coefficient (Wildman–Crippen LogP) is 6.38. The van der Waals surface area contributed by atoms with Gasteiger partial charge in [-0.1, -0.05) is 23.7 Å². The quantitative estimate of drug-likeness (QED) is 0.442. The molecule has 1 rings (SSSR count). The van der Waals surface area contributed by atoms with Crippen LogP contribution in [0.4, 0.5) is 0 Å².